The summed E-state index contributed by atoms with van der Waals surface area (Å²) in [5.74, 6) is -0.291. The Balaban J connectivity index is 2.04. The van der Waals surface area contributed by atoms with E-state index in [1.165, 1.54) is 24.5 Å². The van der Waals surface area contributed by atoms with Crippen LogP contribution < -0.4 is 15.4 Å². The van der Waals surface area contributed by atoms with Gasteiger partial charge < -0.3 is 15.4 Å². The molecule has 0 bridgehead atoms. The second-order valence-corrected chi connectivity index (χ2v) is 7.28. The number of rotatable bonds is 9. The first-order valence-electron chi connectivity index (χ1n) is 9.66. The molecular weight excluding hydrogens is 413 g/mol. The van der Waals surface area contributed by atoms with Crippen LogP contribution in [0.15, 0.2) is 30.6 Å². The lowest BCUT2D eigenvalue weighted by atomic mass is 10.1. The smallest absolute Gasteiger partial charge is 0.275 e. The Hall–Kier alpha value is -3.17. The predicted molar refractivity (Wildman–Crippen MR) is 109 cm³/mol. The third kappa shape index (κ3) is 6.66. The molecule has 2 atom stereocenters. The van der Waals surface area contributed by atoms with Gasteiger partial charge in [0.1, 0.15) is 12.4 Å². The summed E-state index contributed by atoms with van der Waals surface area (Å²) in [7, 11) is 0. The zero-order valence-corrected chi connectivity index (χ0v) is 17.7. The van der Waals surface area contributed by atoms with Crippen LogP contribution in [-0.4, -0.2) is 40.5 Å². The van der Waals surface area contributed by atoms with E-state index in [9.17, 15) is 22.8 Å². The molecule has 168 valence electrons. The second kappa shape index (κ2) is 10.2. The molecule has 0 aliphatic heterocycles. The van der Waals surface area contributed by atoms with Gasteiger partial charge in [0, 0.05) is 29.9 Å². The highest BCUT2D eigenvalue weighted by molar-refractivity contribution is 5.96. The number of ether oxygens (including phenoxy) is 1. The SMILES string of the molecule is CCC(=O)Nc1cc(C(=O)NC(C)c2cnc(OCC(C)(F)C(F)F)c(C)c2)ccn1. The summed E-state index contributed by atoms with van der Waals surface area (Å²) in [6.45, 7) is 5.02. The number of hydrogen-bond donors (Lipinski definition) is 2. The number of pyridine rings is 2. The first kappa shape index (κ1) is 24.1. The summed E-state index contributed by atoms with van der Waals surface area (Å²) in [5, 5.41) is 5.39. The summed E-state index contributed by atoms with van der Waals surface area (Å²) in [6, 6.07) is 4.21. The van der Waals surface area contributed by atoms with Crippen LogP contribution in [0.1, 0.15) is 54.7 Å². The number of nitrogens with one attached hydrogen (secondary N) is 2. The minimum atomic E-state index is -3.17. The van der Waals surface area contributed by atoms with E-state index >= 15 is 0 Å². The van der Waals surface area contributed by atoms with Gasteiger partial charge >= 0.3 is 0 Å². The summed E-state index contributed by atoms with van der Waals surface area (Å²) < 4.78 is 44.0. The molecule has 0 radical (unpaired) electrons. The summed E-state index contributed by atoms with van der Waals surface area (Å²) >= 11 is 0. The Kier molecular flexibility index (Phi) is 7.95. The number of hydrogen-bond acceptors (Lipinski definition) is 5. The van der Waals surface area contributed by atoms with Crippen molar-refractivity contribution in [2.45, 2.75) is 52.3 Å². The van der Waals surface area contributed by atoms with Crippen LogP contribution in [0, 0.1) is 6.92 Å². The third-order valence-electron chi connectivity index (χ3n) is 4.46. The summed E-state index contributed by atoms with van der Waals surface area (Å²) in [5.41, 5.74) is -1.32. The van der Waals surface area contributed by atoms with Crippen molar-refractivity contribution in [3.05, 3.63) is 47.3 Å². The van der Waals surface area contributed by atoms with Gasteiger partial charge in [-0.25, -0.2) is 23.1 Å². The quantitative estimate of drug-likeness (QED) is 0.617. The first-order valence-corrected chi connectivity index (χ1v) is 9.66. The Morgan fingerprint density at radius 2 is 1.97 bits per heavy atom. The second-order valence-electron chi connectivity index (χ2n) is 7.28. The predicted octanol–water partition coefficient (Wildman–Crippen LogP) is 4.00. The first-order chi connectivity index (χ1) is 14.5. The highest BCUT2D eigenvalue weighted by Gasteiger charge is 2.36. The molecule has 0 aliphatic carbocycles. The molecule has 0 aromatic carbocycles. The fraction of sp³-hybridized carbons (Fsp3) is 0.429. The van der Waals surface area contributed by atoms with E-state index in [0.29, 0.717) is 16.7 Å². The number of nitrogens with zero attached hydrogens (tertiary/aromatic N) is 2. The van der Waals surface area contributed by atoms with Gasteiger partial charge in [-0.2, -0.15) is 0 Å². The number of aromatic nitrogens is 2. The van der Waals surface area contributed by atoms with Crippen LogP contribution in [0.3, 0.4) is 0 Å². The number of halogens is 3. The van der Waals surface area contributed by atoms with E-state index in [2.05, 4.69) is 20.6 Å². The Morgan fingerprint density at radius 3 is 2.58 bits per heavy atom. The fourth-order valence-corrected chi connectivity index (χ4v) is 2.48. The normalized spacial score (nSPS) is 13.9. The van der Waals surface area contributed by atoms with Crippen LogP contribution in [0.5, 0.6) is 5.88 Å². The molecule has 2 unspecified atom stereocenters. The van der Waals surface area contributed by atoms with Gasteiger partial charge in [0.25, 0.3) is 12.3 Å². The van der Waals surface area contributed by atoms with Gasteiger partial charge in [0.15, 0.2) is 0 Å². The topological polar surface area (TPSA) is 93.2 Å². The average molecular weight is 438 g/mol. The van der Waals surface area contributed by atoms with Crippen molar-refractivity contribution in [2.24, 2.45) is 0 Å². The highest BCUT2D eigenvalue weighted by atomic mass is 19.3. The van der Waals surface area contributed by atoms with Crippen LogP contribution in [0.25, 0.3) is 0 Å². The maximum Gasteiger partial charge on any atom is 0.275 e. The molecule has 2 aromatic rings. The molecule has 2 aromatic heterocycles. The summed E-state index contributed by atoms with van der Waals surface area (Å²) in [4.78, 5) is 32.1. The van der Waals surface area contributed by atoms with Crippen molar-refractivity contribution in [1.29, 1.82) is 0 Å². The van der Waals surface area contributed by atoms with Crippen molar-refractivity contribution in [3.63, 3.8) is 0 Å². The van der Waals surface area contributed by atoms with E-state index in [4.69, 9.17) is 4.74 Å². The van der Waals surface area contributed by atoms with Crippen molar-refractivity contribution in [1.82, 2.24) is 15.3 Å². The van der Waals surface area contributed by atoms with Gasteiger partial charge in [0.2, 0.25) is 17.5 Å². The molecule has 10 heteroatoms. The summed E-state index contributed by atoms with van der Waals surface area (Å²) in [6.07, 6.45) is -0.0504. The van der Waals surface area contributed by atoms with Crippen LogP contribution in [-0.2, 0) is 4.79 Å². The molecule has 2 N–H and O–H groups in total. The Labute approximate surface area is 178 Å². The zero-order valence-electron chi connectivity index (χ0n) is 17.7. The molecule has 0 saturated carbocycles. The molecule has 2 heterocycles. The fourth-order valence-electron chi connectivity index (χ4n) is 2.48. The van der Waals surface area contributed by atoms with E-state index < -0.39 is 24.7 Å². The number of amides is 2. The minimum absolute atomic E-state index is 0.0391. The highest BCUT2D eigenvalue weighted by Crippen LogP contribution is 2.24. The lowest BCUT2D eigenvalue weighted by Crippen LogP contribution is -2.35. The zero-order chi connectivity index (χ0) is 23.2. The lowest BCUT2D eigenvalue weighted by molar-refractivity contribution is -0.115. The Bertz CT molecular complexity index is 938. The average Bonchev–Trinajstić information content (AvgIpc) is 2.72. The van der Waals surface area contributed by atoms with Gasteiger partial charge in [-0.05, 0) is 44.5 Å². The van der Waals surface area contributed by atoms with Gasteiger partial charge in [-0.1, -0.05) is 6.92 Å². The lowest BCUT2D eigenvalue weighted by Gasteiger charge is -2.20. The van der Waals surface area contributed by atoms with E-state index in [1.807, 2.05) is 0 Å². The monoisotopic (exact) mass is 438 g/mol. The van der Waals surface area contributed by atoms with E-state index in [0.717, 1.165) is 6.92 Å². The maximum atomic E-state index is 13.7. The van der Waals surface area contributed by atoms with Crippen LogP contribution in [0.4, 0.5) is 19.0 Å². The standard InChI is InChI=1S/C21H25F3N4O3/c1-5-17(29)28-16-9-14(6-7-25-16)18(30)27-13(3)15-8-12(2)19(26-10-15)31-11-21(4,24)20(22)23/h6-10,13,20H,5,11H2,1-4H3,(H,27,30)(H,25,28,29). The minimum Gasteiger partial charge on any atom is -0.474 e. The molecule has 2 amide bonds. The van der Waals surface area contributed by atoms with E-state index in [1.54, 1.807) is 26.8 Å². The number of anilines is 1. The molecule has 0 saturated heterocycles. The van der Waals surface area contributed by atoms with Gasteiger partial charge in [-0.3, -0.25) is 9.59 Å². The Morgan fingerprint density at radius 1 is 1.26 bits per heavy atom. The van der Waals surface area contributed by atoms with Crippen molar-refractivity contribution < 1.29 is 27.5 Å². The number of carbonyl (C=O) groups excluding carboxylic acids is 2. The van der Waals surface area contributed by atoms with Crippen molar-refractivity contribution in [3.8, 4) is 5.88 Å². The van der Waals surface area contributed by atoms with Crippen molar-refractivity contribution in [2.75, 3.05) is 11.9 Å². The molecule has 0 spiro atoms. The van der Waals surface area contributed by atoms with Crippen LogP contribution in [0.2, 0.25) is 0 Å². The van der Waals surface area contributed by atoms with Crippen LogP contribution >= 0.6 is 0 Å². The van der Waals surface area contributed by atoms with Crippen molar-refractivity contribution >= 4 is 17.6 Å². The molecule has 2 rings (SSSR count). The maximum absolute atomic E-state index is 13.7. The third-order valence-corrected chi connectivity index (χ3v) is 4.46. The molecular formula is C21H25F3N4O3. The largest absolute Gasteiger partial charge is 0.474 e. The molecule has 0 aliphatic rings. The molecule has 7 nitrogen and oxygen atoms in total. The molecule has 0 fully saturated rings. The number of carbonyl (C=O) groups is 2. The van der Waals surface area contributed by atoms with E-state index in [-0.39, 0.29) is 29.9 Å². The number of aryl methyl sites for hydroxylation is 1. The number of alkyl halides is 3. The molecule has 31 heavy (non-hydrogen) atoms. The van der Waals surface area contributed by atoms with Gasteiger partial charge in [0.05, 0.1) is 6.04 Å². The van der Waals surface area contributed by atoms with Gasteiger partial charge in [-0.15, -0.1) is 0 Å².